The number of thioether (sulfide) groups is 1. The largest absolute Gasteiger partial charge is 0.369 e. The average molecular weight is 226 g/mol. The van der Waals surface area contributed by atoms with Gasteiger partial charge in [0.25, 0.3) is 0 Å². The van der Waals surface area contributed by atoms with Crippen LogP contribution >= 0.6 is 11.8 Å². The van der Waals surface area contributed by atoms with Gasteiger partial charge in [0, 0.05) is 13.0 Å². The maximum atomic E-state index is 10.7. The molecule has 5 nitrogen and oxygen atoms in total. The van der Waals surface area contributed by atoms with E-state index in [1.54, 1.807) is 0 Å². The molecule has 0 saturated carbocycles. The number of carbonyl (C=O) groups is 1. The molecule has 0 aliphatic carbocycles. The van der Waals surface area contributed by atoms with Crippen molar-refractivity contribution < 1.29 is 4.79 Å². The molecule has 0 unspecified atom stereocenters. The van der Waals surface area contributed by atoms with E-state index < -0.39 is 0 Å². The standard InChI is InChI=1S/C9H14N4OS/c10-7(14)6-15-9-12-11-8-4-2-1-3-5-13(8)9/h1-6H2,(H2,10,14). The zero-order valence-electron chi connectivity index (χ0n) is 8.48. The molecule has 0 radical (unpaired) electrons. The Bertz CT molecular complexity index is 363. The number of hydrogen-bond donors (Lipinski definition) is 1. The van der Waals surface area contributed by atoms with Crippen LogP contribution in [0.2, 0.25) is 0 Å². The molecule has 1 aliphatic heterocycles. The van der Waals surface area contributed by atoms with Gasteiger partial charge in [-0.05, 0) is 12.8 Å². The quantitative estimate of drug-likeness (QED) is 0.765. The molecule has 0 spiro atoms. The smallest absolute Gasteiger partial charge is 0.227 e. The highest BCUT2D eigenvalue weighted by molar-refractivity contribution is 7.99. The normalized spacial score (nSPS) is 15.7. The van der Waals surface area contributed by atoms with Crippen molar-refractivity contribution in [1.82, 2.24) is 14.8 Å². The summed E-state index contributed by atoms with van der Waals surface area (Å²) >= 11 is 1.37. The summed E-state index contributed by atoms with van der Waals surface area (Å²) in [6.45, 7) is 0.962. The third-order valence-electron chi connectivity index (χ3n) is 2.42. The number of fused-ring (bicyclic) bond motifs is 1. The molecule has 0 fully saturated rings. The van der Waals surface area contributed by atoms with Crippen LogP contribution in [-0.4, -0.2) is 26.4 Å². The highest BCUT2D eigenvalue weighted by atomic mass is 32.2. The molecule has 2 rings (SSSR count). The molecule has 82 valence electrons. The van der Waals surface area contributed by atoms with Crippen LogP contribution in [0.25, 0.3) is 0 Å². The highest BCUT2D eigenvalue weighted by Gasteiger charge is 2.15. The summed E-state index contributed by atoms with van der Waals surface area (Å²) in [6, 6.07) is 0. The lowest BCUT2D eigenvalue weighted by molar-refractivity contribution is -0.115. The first-order valence-corrected chi connectivity index (χ1v) is 6.09. The van der Waals surface area contributed by atoms with E-state index in [1.807, 2.05) is 0 Å². The van der Waals surface area contributed by atoms with Gasteiger partial charge >= 0.3 is 0 Å². The first kappa shape index (κ1) is 10.5. The van der Waals surface area contributed by atoms with Crippen LogP contribution in [0.5, 0.6) is 0 Å². The van der Waals surface area contributed by atoms with Gasteiger partial charge in [0.2, 0.25) is 5.91 Å². The van der Waals surface area contributed by atoms with E-state index in [0.29, 0.717) is 0 Å². The van der Waals surface area contributed by atoms with Crippen LogP contribution in [0.4, 0.5) is 0 Å². The van der Waals surface area contributed by atoms with Crippen molar-refractivity contribution in [3.05, 3.63) is 5.82 Å². The number of rotatable bonds is 3. The van der Waals surface area contributed by atoms with Gasteiger partial charge in [-0.2, -0.15) is 0 Å². The minimum Gasteiger partial charge on any atom is -0.369 e. The van der Waals surface area contributed by atoms with Gasteiger partial charge in [0.15, 0.2) is 5.16 Å². The van der Waals surface area contributed by atoms with Crippen LogP contribution in [0.15, 0.2) is 5.16 Å². The van der Waals surface area contributed by atoms with E-state index in [1.165, 1.54) is 24.6 Å². The van der Waals surface area contributed by atoms with E-state index in [9.17, 15) is 4.79 Å². The van der Waals surface area contributed by atoms with E-state index in [-0.39, 0.29) is 11.7 Å². The Hall–Kier alpha value is -1.04. The SMILES string of the molecule is NC(=O)CSc1nnc2n1CCCCC2. The summed E-state index contributed by atoms with van der Waals surface area (Å²) in [6.07, 6.45) is 4.57. The maximum Gasteiger partial charge on any atom is 0.227 e. The first-order chi connectivity index (χ1) is 7.27. The van der Waals surface area contributed by atoms with Crippen molar-refractivity contribution in [2.24, 2.45) is 5.73 Å². The molecular formula is C9H14N4OS. The minimum atomic E-state index is -0.314. The number of amides is 1. The molecule has 1 aromatic rings. The number of nitrogens with two attached hydrogens (primary N) is 1. The molecule has 0 bridgehead atoms. The predicted octanol–water partition coefficient (Wildman–Crippen LogP) is 0.582. The Morgan fingerprint density at radius 1 is 1.40 bits per heavy atom. The summed E-state index contributed by atoms with van der Waals surface area (Å²) in [4.78, 5) is 10.7. The summed E-state index contributed by atoms with van der Waals surface area (Å²) in [7, 11) is 0. The van der Waals surface area contributed by atoms with Gasteiger partial charge in [-0.1, -0.05) is 18.2 Å². The predicted molar refractivity (Wildman–Crippen MR) is 57.5 cm³/mol. The summed E-state index contributed by atoms with van der Waals surface area (Å²) in [5.41, 5.74) is 5.10. The lowest BCUT2D eigenvalue weighted by Crippen LogP contribution is -2.14. The fourth-order valence-corrected chi connectivity index (χ4v) is 2.42. The van der Waals surface area contributed by atoms with E-state index in [0.717, 1.165) is 30.4 Å². The van der Waals surface area contributed by atoms with Crippen LogP contribution in [0, 0.1) is 0 Å². The monoisotopic (exact) mass is 226 g/mol. The van der Waals surface area contributed by atoms with Gasteiger partial charge in [0.05, 0.1) is 5.75 Å². The molecule has 0 aromatic carbocycles. The molecule has 0 saturated heterocycles. The topological polar surface area (TPSA) is 73.8 Å². The Morgan fingerprint density at radius 2 is 2.27 bits per heavy atom. The number of hydrogen-bond acceptors (Lipinski definition) is 4. The zero-order valence-corrected chi connectivity index (χ0v) is 9.29. The van der Waals surface area contributed by atoms with Crippen LogP contribution in [-0.2, 0) is 17.8 Å². The fraction of sp³-hybridized carbons (Fsp3) is 0.667. The molecule has 15 heavy (non-hydrogen) atoms. The first-order valence-electron chi connectivity index (χ1n) is 5.10. The van der Waals surface area contributed by atoms with Crippen LogP contribution in [0.1, 0.15) is 25.1 Å². The van der Waals surface area contributed by atoms with Crippen LogP contribution in [0.3, 0.4) is 0 Å². The molecule has 1 aromatic heterocycles. The van der Waals surface area contributed by atoms with E-state index in [2.05, 4.69) is 14.8 Å². The number of primary amides is 1. The van der Waals surface area contributed by atoms with Crippen molar-refractivity contribution in [3.8, 4) is 0 Å². The lowest BCUT2D eigenvalue weighted by Gasteiger charge is -2.04. The van der Waals surface area contributed by atoms with Crippen molar-refractivity contribution >= 4 is 17.7 Å². The van der Waals surface area contributed by atoms with Crippen molar-refractivity contribution in [3.63, 3.8) is 0 Å². The molecule has 1 amide bonds. The van der Waals surface area contributed by atoms with Crippen molar-refractivity contribution in [2.45, 2.75) is 37.4 Å². The fourth-order valence-electron chi connectivity index (χ4n) is 1.70. The van der Waals surface area contributed by atoms with Gasteiger partial charge in [0.1, 0.15) is 5.82 Å². The Balaban J connectivity index is 2.11. The Kier molecular flexibility index (Phi) is 3.25. The highest BCUT2D eigenvalue weighted by Crippen LogP contribution is 2.21. The number of aromatic nitrogens is 3. The van der Waals surface area contributed by atoms with Gasteiger partial charge in [-0.3, -0.25) is 4.79 Å². The molecule has 6 heteroatoms. The number of carbonyl (C=O) groups excluding carboxylic acids is 1. The molecule has 2 heterocycles. The second-order valence-corrected chi connectivity index (χ2v) is 4.56. The van der Waals surface area contributed by atoms with Crippen molar-refractivity contribution in [1.29, 1.82) is 0 Å². The lowest BCUT2D eigenvalue weighted by atomic mass is 10.2. The Labute approximate surface area is 92.4 Å². The van der Waals surface area contributed by atoms with E-state index in [4.69, 9.17) is 5.73 Å². The third-order valence-corrected chi connectivity index (χ3v) is 3.41. The minimum absolute atomic E-state index is 0.276. The summed E-state index contributed by atoms with van der Waals surface area (Å²) in [5, 5.41) is 9.04. The second kappa shape index (κ2) is 4.65. The second-order valence-electron chi connectivity index (χ2n) is 3.62. The number of nitrogens with zero attached hydrogens (tertiary/aromatic N) is 3. The number of aryl methyl sites for hydroxylation is 1. The summed E-state index contributed by atoms with van der Waals surface area (Å²) < 4.78 is 2.11. The van der Waals surface area contributed by atoms with Crippen LogP contribution < -0.4 is 5.73 Å². The van der Waals surface area contributed by atoms with Gasteiger partial charge in [-0.25, -0.2) is 0 Å². The van der Waals surface area contributed by atoms with E-state index >= 15 is 0 Å². The Morgan fingerprint density at radius 3 is 3.07 bits per heavy atom. The van der Waals surface area contributed by atoms with Gasteiger partial charge < -0.3 is 10.3 Å². The van der Waals surface area contributed by atoms with Gasteiger partial charge in [-0.15, -0.1) is 10.2 Å². The zero-order chi connectivity index (χ0) is 10.7. The molecule has 1 aliphatic rings. The maximum absolute atomic E-state index is 10.7. The molecule has 2 N–H and O–H groups in total. The summed E-state index contributed by atoms with van der Waals surface area (Å²) in [5.74, 6) is 1.00. The van der Waals surface area contributed by atoms with Crippen molar-refractivity contribution in [2.75, 3.05) is 5.75 Å². The third kappa shape index (κ3) is 2.50. The molecule has 0 atom stereocenters. The molecular weight excluding hydrogens is 212 g/mol. The average Bonchev–Trinajstić information content (AvgIpc) is 2.44.